The van der Waals surface area contributed by atoms with Crippen molar-refractivity contribution in [2.45, 2.75) is 13.5 Å². The fourth-order valence-corrected chi connectivity index (χ4v) is 5.39. The Balaban J connectivity index is 1.24. The first-order valence-electron chi connectivity index (χ1n) is 12.7. The minimum absolute atomic E-state index is 0.196. The van der Waals surface area contributed by atoms with Gasteiger partial charge in [-0.3, -0.25) is 4.79 Å². The van der Waals surface area contributed by atoms with Gasteiger partial charge in [0, 0.05) is 22.5 Å². The second-order valence-corrected chi connectivity index (χ2v) is 10.4. The lowest BCUT2D eigenvalue weighted by atomic mass is 10.1. The smallest absolute Gasteiger partial charge is 0.271 e. The van der Waals surface area contributed by atoms with Gasteiger partial charge in [-0.15, -0.1) is 0 Å². The maximum atomic E-state index is 12.7. The summed E-state index contributed by atoms with van der Waals surface area (Å²) >= 11 is 9.95. The van der Waals surface area contributed by atoms with E-state index < -0.39 is 0 Å². The van der Waals surface area contributed by atoms with Gasteiger partial charge in [0.1, 0.15) is 6.61 Å². The number of ether oxygens (including phenoxy) is 1. The summed E-state index contributed by atoms with van der Waals surface area (Å²) in [5, 5.41) is 13.7. The fourth-order valence-electron chi connectivity index (χ4n) is 4.40. The van der Waals surface area contributed by atoms with Crippen molar-refractivity contribution in [1.29, 1.82) is 5.26 Å². The van der Waals surface area contributed by atoms with E-state index >= 15 is 0 Å². The molecule has 41 heavy (non-hydrogen) atoms. The number of halogens is 2. The van der Waals surface area contributed by atoms with Gasteiger partial charge in [-0.05, 0) is 88.6 Å². The van der Waals surface area contributed by atoms with Crippen molar-refractivity contribution in [3.63, 3.8) is 0 Å². The number of amides is 1. The first-order valence-corrected chi connectivity index (χ1v) is 13.9. The highest BCUT2D eigenvalue weighted by atomic mass is 79.9. The molecule has 5 aromatic rings. The van der Waals surface area contributed by atoms with E-state index in [1.165, 1.54) is 6.21 Å². The van der Waals surface area contributed by atoms with Gasteiger partial charge in [0.15, 0.2) is 5.75 Å². The van der Waals surface area contributed by atoms with Crippen molar-refractivity contribution < 1.29 is 9.53 Å². The first kappa shape index (κ1) is 27.9. The van der Waals surface area contributed by atoms with Crippen LogP contribution in [0.1, 0.15) is 32.7 Å². The topological polar surface area (TPSA) is 79.4 Å². The molecule has 0 atom stereocenters. The molecule has 1 aromatic heterocycles. The van der Waals surface area contributed by atoms with Crippen molar-refractivity contribution in [3.05, 3.63) is 141 Å². The van der Waals surface area contributed by atoms with Gasteiger partial charge in [-0.2, -0.15) is 10.4 Å². The molecule has 0 aliphatic heterocycles. The van der Waals surface area contributed by atoms with Crippen LogP contribution in [0.4, 0.5) is 0 Å². The molecule has 0 saturated carbocycles. The largest absolute Gasteiger partial charge is 0.486 e. The summed E-state index contributed by atoms with van der Waals surface area (Å²) in [6.45, 7) is 2.25. The molecular formula is C33H24BrClN4O2. The molecule has 1 heterocycles. The Labute approximate surface area is 251 Å². The third-order valence-electron chi connectivity index (χ3n) is 6.44. The van der Waals surface area contributed by atoms with E-state index in [4.69, 9.17) is 16.3 Å². The number of aromatic nitrogens is 1. The molecule has 8 heteroatoms. The molecule has 0 fully saturated rings. The number of benzene rings is 4. The van der Waals surface area contributed by atoms with Crippen LogP contribution >= 0.6 is 27.5 Å². The molecule has 0 saturated heterocycles. The second kappa shape index (κ2) is 12.7. The van der Waals surface area contributed by atoms with Gasteiger partial charge in [0.05, 0.1) is 33.0 Å². The van der Waals surface area contributed by atoms with E-state index in [9.17, 15) is 10.1 Å². The number of carbonyl (C=O) groups is 1. The zero-order chi connectivity index (χ0) is 28.8. The van der Waals surface area contributed by atoms with Gasteiger partial charge in [-0.1, -0.05) is 60.1 Å². The fraction of sp³-hybridized carbons (Fsp3) is 0.0606. The molecule has 0 unspecified atom stereocenters. The Morgan fingerprint density at radius 2 is 1.76 bits per heavy atom. The minimum atomic E-state index is -0.332. The number of hydrogen-bond acceptors (Lipinski definition) is 4. The zero-order valence-corrected chi connectivity index (χ0v) is 24.4. The summed E-state index contributed by atoms with van der Waals surface area (Å²) in [6.07, 6.45) is 1.51. The van der Waals surface area contributed by atoms with E-state index in [1.54, 1.807) is 36.4 Å². The second-order valence-electron chi connectivity index (χ2n) is 9.18. The van der Waals surface area contributed by atoms with E-state index in [1.807, 2.05) is 42.5 Å². The summed E-state index contributed by atoms with van der Waals surface area (Å²) in [7, 11) is 0. The Hall–Kier alpha value is -4.64. The van der Waals surface area contributed by atoms with Crippen molar-refractivity contribution in [3.8, 4) is 28.8 Å². The number of carbonyl (C=O) groups excluding carboxylic acids is 1. The van der Waals surface area contributed by atoms with E-state index in [2.05, 4.69) is 68.3 Å². The number of hydrazone groups is 1. The SMILES string of the molecule is Cc1ccc(-c2ccccc2)n1-c1ccc(C(=O)N/N=C/c2cc(Cl)c(OCc3ccccc3C#N)c(Br)c2)cc1. The standard InChI is InChI=1S/C33H24BrClN4O2/c1-22-11-16-31(24-7-3-2-4-8-24)39(22)28-14-12-25(13-15-28)33(40)38-37-20-23-17-29(34)32(30(35)18-23)41-21-27-10-6-5-9-26(27)19-36/h2-18,20H,21H2,1H3,(H,38,40)/b37-20+. The number of nitrogens with zero attached hydrogens (tertiary/aromatic N) is 3. The van der Waals surface area contributed by atoms with E-state index in [0.717, 1.165) is 28.2 Å². The molecule has 1 N–H and O–H groups in total. The van der Waals surface area contributed by atoms with Gasteiger partial charge >= 0.3 is 0 Å². The normalized spacial score (nSPS) is 10.9. The minimum Gasteiger partial charge on any atom is -0.486 e. The highest BCUT2D eigenvalue weighted by Gasteiger charge is 2.12. The quantitative estimate of drug-likeness (QED) is 0.140. The summed E-state index contributed by atoms with van der Waals surface area (Å²) in [5.41, 5.74) is 9.28. The molecule has 0 spiro atoms. The van der Waals surface area contributed by atoms with Crippen LogP contribution in [0.15, 0.2) is 113 Å². The lowest BCUT2D eigenvalue weighted by molar-refractivity contribution is 0.0955. The molecule has 0 bridgehead atoms. The van der Waals surface area contributed by atoms with Crippen LogP contribution in [0.25, 0.3) is 16.9 Å². The summed E-state index contributed by atoms with van der Waals surface area (Å²) < 4.78 is 8.66. The van der Waals surface area contributed by atoms with Crippen LogP contribution in [0.3, 0.4) is 0 Å². The summed E-state index contributed by atoms with van der Waals surface area (Å²) in [4.78, 5) is 12.7. The highest BCUT2D eigenvalue weighted by Crippen LogP contribution is 2.35. The predicted octanol–water partition coefficient (Wildman–Crippen LogP) is 8.08. The van der Waals surface area contributed by atoms with Crippen LogP contribution < -0.4 is 10.2 Å². The van der Waals surface area contributed by atoms with Crippen LogP contribution in [0, 0.1) is 18.3 Å². The molecule has 0 aliphatic rings. The molecule has 1 amide bonds. The molecule has 5 rings (SSSR count). The maximum absolute atomic E-state index is 12.7. The van der Waals surface area contributed by atoms with Crippen LogP contribution in [-0.4, -0.2) is 16.7 Å². The zero-order valence-electron chi connectivity index (χ0n) is 22.0. The average Bonchev–Trinajstić information content (AvgIpc) is 3.38. The monoisotopic (exact) mass is 622 g/mol. The number of aryl methyl sites for hydroxylation is 1. The summed E-state index contributed by atoms with van der Waals surface area (Å²) in [6, 6.07) is 34.6. The van der Waals surface area contributed by atoms with Crippen molar-refractivity contribution in [2.75, 3.05) is 0 Å². The maximum Gasteiger partial charge on any atom is 0.271 e. The van der Waals surface area contributed by atoms with Crippen LogP contribution in [0.5, 0.6) is 5.75 Å². The third kappa shape index (κ3) is 6.41. The van der Waals surface area contributed by atoms with Crippen LogP contribution in [-0.2, 0) is 6.61 Å². The predicted molar refractivity (Wildman–Crippen MR) is 166 cm³/mol. The van der Waals surface area contributed by atoms with Crippen LogP contribution in [0.2, 0.25) is 5.02 Å². The Morgan fingerprint density at radius 1 is 1.02 bits per heavy atom. The van der Waals surface area contributed by atoms with Crippen molar-refractivity contribution in [1.82, 2.24) is 9.99 Å². The van der Waals surface area contributed by atoms with Gasteiger partial charge in [0.25, 0.3) is 5.91 Å². The van der Waals surface area contributed by atoms with Crippen molar-refractivity contribution >= 4 is 39.7 Å². The van der Waals surface area contributed by atoms with E-state index in [-0.39, 0.29) is 12.5 Å². The van der Waals surface area contributed by atoms with Crippen molar-refractivity contribution in [2.24, 2.45) is 5.10 Å². The lowest BCUT2D eigenvalue weighted by Crippen LogP contribution is -2.17. The number of hydrogen-bond donors (Lipinski definition) is 1. The Bertz CT molecular complexity index is 1750. The number of rotatable bonds is 8. The molecule has 0 radical (unpaired) electrons. The van der Waals surface area contributed by atoms with E-state index in [0.29, 0.717) is 31.9 Å². The molecule has 202 valence electrons. The van der Waals surface area contributed by atoms with Gasteiger partial charge in [0.2, 0.25) is 0 Å². The Morgan fingerprint density at radius 3 is 2.49 bits per heavy atom. The molecular weight excluding hydrogens is 600 g/mol. The lowest BCUT2D eigenvalue weighted by Gasteiger charge is -2.13. The Kier molecular flexibility index (Phi) is 8.64. The average molecular weight is 624 g/mol. The molecule has 0 aliphatic carbocycles. The molecule has 6 nitrogen and oxygen atoms in total. The number of nitriles is 1. The highest BCUT2D eigenvalue weighted by molar-refractivity contribution is 9.10. The first-order chi connectivity index (χ1) is 19.9. The van der Waals surface area contributed by atoms with Gasteiger partial charge < -0.3 is 9.30 Å². The number of nitrogens with one attached hydrogen (secondary N) is 1. The van der Waals surface area contributed by atoms with Gasteiger partial charge in [-0.25, -0.2) is 5.43 Å². The molecule has 4 aromatic carbocycles. The summed E-state index contributed by atoms with van der Waals surface area (Å²) in [5.74, 6) is 0.121. The third-order valence-corrected chi connectivity index (χ3v) is 7.31.